The molecule has 2 aromatic heterocycles. The summed E-state index contributed by atoms with van der Waals surface area (Å²) in [5.74, 6) is 0.814. The molecule has 5 heteroatoms. The Morgan fingerprint density at radius 1 is 1.32 bits per heavy atom. The smallest absolute Gasteiger partial charge is 0.263 e. The third kappa shape index (κ3) is 2.08. The minimum atomic E-state index is 0.0985. The summed E-state index contributed by atoms with van der Waals surface area (Å²) in [5, 5.41) is 0.710. The number of nitrogens with one attached hydrogen (secondary N) is 1. The van der Waals surface area contributed by atoms with Gasteiger partial charge in [0.25, 0.3) is 5.56 Å². The molecule has 2 aromatic rings. The molecule has 0 spiro atoms. The van der Waals surface area contributed by atoms with Gasteiger partial charge in [0.1, 0.15) is 11.5 Å². The van der Waals surface area contributed by atoms with Gasteiger partial charge < -0.3 is 9.88 Å². The van der Waals surface area contributed by atoms with Crippen LogP contribution in [0.5, 0.6) is 0 Å². The van der Waals surface area contributed by atoms with Crippen LogP contribution in [0.15, 0.2) is 10.9 Å². The van der Waals surface area contributed by atoms with Gasteiger partial charge in [-0.05, 0) is 52.9 Å². The quantitative estimate of drug-likeness (QED) is 0.847. The molecule has 0 atom stereocenters. The summed E-state index contributed by atoms with van der Waals surface area (Å²) < 4.78 is 1.89. The molecule has 1 aliphatic heterocycles. The van der Waals surface area contributed by atoms with Gasteiger partial charge in [0, 0.05) is 11.7 Å². The number of hydrogen-bond donors (Lipinski definition) is 1. The van der Waals surface area contributed by atoms with E-state index in [4.69, 9.17) is 0 Å². The van der Waals surface area contributed by atoms with E-state index in [0.717, 1.165) is 37.4 Å². The third-order valence-corrected chi connectivity index (χ3v) is 4.06. The van der Waals surface area contributed by atoms with Crippen LogP contribution in [-0.2, 0) is 0 Å². The molecule has 3 rings (SSSR count). The topological polar surface area (TPSA) is 53.9 Å². The van der Waals surface area contributed by atoms with Crippen LogP contribution in [0.4, 0.5) is 0 Å². The molecule has 19 heavy (non-hydrogen) atoms. The van der Waals surface area contributed by atoms with E-state index in [0.29, 0.717) is 11.0 Å². The van der Waals surface area contributed by atoms with Crippen LogP contribution in [0.1, 0.15) is 30.4 Å². The molecule has 1 N–H and O–H groups in total. The molecule has 3 heterocycles. The zero-order valence-corrected chi connectivity index (χ0v) is 11.7. The van der Waals surface area contributed by atoms with Gasteiger partial charge in [0.15, 0.2) is 0 Å². The summed E-state index contributed by atoms with van der Waals surface area (Å²) in [6.45, 7) is 5.97. The summed E-state index contributed by atoms with van der Waals surface area (Å²) >= 11 is 0. The van der Waals surface area contributed by atoms with Crippen molar-refractivity contribution in [3.8, 4) is 0 Å². The number of nitrogens with zero attached hydrogens (tertiary/aromatic N) is 3. The highest BCUT2D eigenvalue weighted by molar-refractivity contribution is 5.75. The summed E-state index contributed by atoms with van der Waals surface area (Å²) in [5.41, 5.74) is 1.80. The Labute approximate surface area is 112 Å². The standard InChI is InChI=1S/C14H20N4O/c1-9-8-12-13(15-9)16-10(2)18(14(12)19)11-4-6-17(3)7-5-11/h8,11,15H,4-7H2,1-3H3. The van der Waals surface area contributed by atoms with Gasteiger partial charge in [-0.25, -0.2) is 4.98 Å². The lowest BCUT2D eigenvalue weighted by Crippen LogP contribution is -2.36. The Morgan fingerprint density at radius 2 is 2.00 bits per heavy atom. The maximum atomic E-state index is 12.6. The van der Waals surface area contributed by atoms with E-state index in [1.165, 1.54) is 0 Å². The van der Waals surface area contributed by atoms with Crippen LogP contribution in [-0.4, -0.2) is 39.6 Å². The van der Waals surface area contributed by atoms with Crippen molar-refractivity contribution in [1.29, 1.82) is 0 Å². The van der Waals surface area contributed by atoms with Crippen LogP contribution in [0.25, 0.3) is 11.0 Å². The second-order valence-corrected chi connectivity index (χ2v) is 5.58. The first kappa shape index (κ1) is 12.4. The van der Waals surface area contributed by atoms with Gasteiger partial charge in [-0.1, -0.05) is 0 Å². The third-order valence-electron chi connectivity index (χ3n) is 4.06. The average Bonchev–Trinajstić information content (AvgIpc) is 2.72. The zero-order valence-electron chi connectivity index (χ0n) is 11.7. The van der Waals surface area contributed by atoms with E-state index >= 15 is 0 Å². The summed E-state index contributed by atoms with van der Waals surface area (Å²) in [6, 6.07) is 2.19. The number of H-pyrrole nitrogens is 1. The van der Waals surface area contributed by atoms with Crippen molar-refractivity contribution in [3.63, 3.8) is 0 Å². The number of piperidine rings is 1. The van der Waals surface area contributed by atoms with Crippen LogP contribution in [0.3, 0.4) is 0 Å². The molecule has 0 saturated carbocycles. The Hall–Kier alpha value is -1.62. The van der Waals surface area contributed by atoms with Gasteiger partial charge in [-0.2, -0.15) is 0 Å². The predicted octanol–water partition coefficient (Wildman–Crippen LogP) is 1.61. The van der Waals surface area contributed by atoms with E-state index in [2.05, 4.69) is 21.9 Å². The average molecular weight is 260 g/mol. The highest BCUT2D eigenvalue weighted by Gasteiger charge is 2.22. The van der Waals surface area contributed by atoms with Crippen molar-refractivity contribution in [1.82, 2.24) is 19.4 Å². The number of rotatable bonds is 1. The first-order valence-electron chi connectivity index (χ1n) is 6.83. The summed E-state index contributed by atoms with van der Waals surface area (Å²) in [7, 11) is 2.13. The summed E-state index contributed by atoms with van der Waals surface area (Å²) in [6.07, 6.45) is 2.04. The number of hydrogen-bond acceptors (Lipinski definition) is 3. The van der Waals surface area contributed by atoms with E-state index in [1.54, 1.807) is 0 Å². The fourth-order valence-electron chi connectivity index (χ4n) is 3.00. The zero-order chi connectivity index (χ0) is 13.6. The maximum absolute atomic E-state index is 12.6. The Bertz CT molecular complexity index is 662. The molecule has 0 amide bonds. The van der Waals surface area contributed by atoms with Crippen molar-refractivity contribution in [3.05, 3.63) is 27.9 Å². The van der Waals surface area contributed by atoms with E-state index in [-0.39, 0.29) is 11.6 Å². The lowest BCUT2D eigenvalue weighted by atomic mass is 10.0. The summed E-state index contributed by atoms with van der Waals surface area (Å²) in [4.78, 5) is 22.6. The molecule has 1 aliphatic rings. The largest absolute Gasteiger partial charge is 0.343 e. The minimum Gasteiger partial charge on any atom is -0.343 e. The normalized spacial score (nSPS) is 18.3. The van der Waals surface area contributed by atoms with E-state index in [1.807, 2.05) is 24.5 Å². The lowest BCUT2D eigenvalue weighted by Gasteiger charge is -2.30. The molecule has 5 nitrogen and oxygen atoms in total. The Kier molecular flexibility index (Phi) is 2.93. The fourth-order valence-corrected chi connectivity index (χ4v) is 3.00. The molecule has 102 valence electrons. The number of likely N-dealkylation sites (tertiary alicyclic amines) is 1. The van der Waals surface area contributed by atoms with Gasteiger partial charge in [0.05, 0.1) is 5.39 Å². The number of aromatic nitrogens is 3. The van der Waals surface area contributed by atoms with Gasteiger partial charge in [-0.15, -0.1) is 0 Å². The monoisotopic (exact) mass is 260 g/mol. The first-order chi connectivity index (χ1) is 9.06. The highest BCUT2D eigenvalue weighted by atomic mass is 16.1. The molecule has 0 radical (unpaired) electrons. The Balaban J connectivity index is 2.10. The van der Waals surface area contributed by atoms with Crippen molar-refractivity contribution in [2.24, 2.45) is 0 Å². The van der Waals surface area contributed by atoms with Gasteiger partial charge in [-0.3, -0.25) is 9.36 Å². The fraction of sp³-hybridized carbons (Fsp3) is 0.571. The second kappa shape index (κ2) is 4.49. The van der Waals surface area contributed by atoms with Gasteiger partial charge in [0.2, 0.25) is 0 Å². The van der Waals surface area contributed by atoms with E-state index < -0.39 is 0 Å². The number of aryl methyl sites for hydroxylation is 2. The highest BCUT2D eigenvalue weighted by Crippen LogP contribution is 2.22. The van der Waals surface area contributed by atoms with Crippen LogP contribution in [0, 0.1) is 13.8 Å². The van der Waals surface area contributed by atoms with Crippen molar-refractivity contribution >= 4 is 11.0 Å². The molecule has 0 aromatic carbocycles. The van der Waals surface area contributed by atoms with Crippen LogP contribution in [0.2, 0.25) is 0 Å². The molecule has 1 fully saturated rings. The lowest BCUT2D eigenvalue weighted by molar-refractivity contribution is 0.216. The predicted molar refractivity (Wildman–Crippen MR) is 75.6 cm³/mol. The van der Waals surface area contributed by atoms with Gasteiger partial charge >= 0.3 is 0 Å². The molecular formula is C14H20N4O. The SMILES string of the molecule is Cc1cc2c(=O)n(C3CCN(C)CC3)c(C)nc2[nH]1. The molecule has 0 aliphatic carbocycles. The minimum absolute atomic E-state index is 0.0985. The van der Waals surface area contributed by atoms with Crippen molar-refractivity contribution < 1.29 is 0 Å². The second-order valence-electron chi connectivity index (χ2n) is 5.58. The van der Waals surface area contributed by atoms with Crippen LogP contribution >= 0.6 is 0 Å². The van der Waals surface area contributed by atoms with E-state index in [9.17, 15) is 4.79 Å². The first-order valence-corrected chi connectivity index (χ1v) is 6.83. The molecule has 1 saturated heterocycles. The van der Waals surface area contributed by atoms with Crippen molar-refractivity contribution in [2.45, 2.75) is 32.7 Å². The molecular weight excluding hydrogens is 240 g/mol. The number of fused-ring (bicyclic) bond motifs is 1. The van der Waals surface area contributed by atoms with Crippen LogP contribution < -0.4 is 5.56 Å². The number of aromatic amines is 1. The van der Waals surface area contributed by atoms with Crippen molar-refractivity contribution in [2.75, 3.05) is 20.1 Å². The molecule has 0 unspecified atom stereocenters. The Morgan fingerprint density at radius 3 is 2.68 bits per heavy atom. The maximum Gasteiger partial charge on any atom is 0.263 e. The molecule has 0 bridgehead atoms.